The molecule has 1 amide bonds. The Balaban J connectivity index is 1.49. The van der Waals surface area contributed by atoms with E-state index in [1.165, 1.54) is 0 Å². The number of amides is 1. The summed E-state index contributed by atoms with van der Waals surface area (Å²) in [6.07, 6.45) is 4.89. The third kappa shape index (κ3) is 3.41. The van der Waals surface area contributed by atoms with Crippen LogP contribution in [0.1, 0.15) is 39.0 Å². The second-order valence-electron chi connectivity index (χ2n) is 6.49. The average molecular weight is 297 g/mol. The van der Waals surface area contributed by atoms with Crippen molar-refractivity contribution < 1.29 is 19.0 Å². The first kappa shape index (κ1) is 15.3. The molecule has 0 radical (unpaired) electrons. The Labute approximate surface area is 126 Å². The summed E-state index contributed by atoms with van der Waals surface area (Å²) in [4.78, 5) is 14.6. The molecule has 3 aliphatic heterocycles. The van der Waals surface area contributed by atoms with Gasteiger partial charge < -0.3 is 19.1 Å². The minimum atomic E-state index is -0.0354. The molecule has 5 heteroatoms. The SMILES string of the molecule is CCO[C@@H]1COC2(CCN(C(=O)C3CCOCC3)CC2)C1. The highest BCUT2D eigenvalue weighted by Gasteiger charge is 2.44. The minimum absolute atomic E-state index is 0.0354. The molecule has 3 heterocycles. The van der Waals surface area contributed by atoms with Crippen molar-refractivity contribution in [1.29, 1.82) is 0 Å². The van der Waals surface area contributed by atoms with Crippen molar-refractivity contribution in [2.45, 2.75) is 50.7 Å². The van der Waals surface area contributed by atoms with E-state index < -0.39 is 0 Å². The van der Waals surface area contributed by atoms with E-state index in [4.69, 9.17) is 14.2 Å². The quantitative estimate of drug-likeness (QED) is 0.794. The molecule has 5 nitrogen and oxygen atoms in total. The van der Waals surface area contributed by atoms with Crippen LogP contribution in [0.4, 0.5) is 0 Å². The number of carbonyl (C=O) groups is 1. The normalized spacial score (nSPS) is 30.0. The molecule has 0 aromatic rings. The first-order valence-corrected chi connectivity index (χ1v) is 8.34. The molecule has 1 atom stereocenters. The first-order valence-electron chi connectivity index (χ1n) is 8.34. The number of hydrogen-bond acceptors (Lipinski definition) is 4. The Morgan fingerprint density at radius 1 is 1.29 bits per heavy atom. The van der Waals surface area contributed by atoms with E-state index in [1.54, 1.807) is 0 Å². The lowest BCUT2D eigenvalue weighted by molar-refractivity contribution is -0.143. The number of ether oxygens (including phenoxy) is 3. The number of hydrogen-bond donors (Lipinski definition) is 0. The number of nitrogens with zero attached hydrogens (tertiary/aromatic N) is 1. The number of carbonyl (C=O) groups excluding carboxylic acids is 1. The summed E-state index contributed by atoms with van der Waals surface area (Å²) in [5, 5.41) is 0. The van der Waals surface area contributed by atoms with E-state index in [0.29, 0.717) is 12.5 Å². The van der Waals surface area contributed by atoms with E-state index in [-0.39, 0.29) is 17.6 Å². The molecule has 0 aliphatic carbocycles. The van der Waals surface area contributed by atoms with Gasteiger partial charge in [-0.1, -0.05) is 0 Å². The summed E-state index contributed by atoms with van der Waals surface area (Å²) < 4.78 is 17.1. The van der Waals surface area contributed by atoms with E-state index in [9.17, 15) is 4.79 Å². The van der Waals surface area contributed by atoms with Gasteiger partial charge >= 0.3 is 0 Å². The fraction of sp³-hybridized carbons (Fsp3) is 0.938. The third-order valence-corrected chi connectivity index (χ3v) is 5.13. The van der Waals surface area contributed by atoms with E-state index in [2.05, 4.69) is 0 Å². The van der Waals surface area contributed by atoms with Crippen LogP contribution >= 0.6 is 0 Å². The molecule has 120 valence electrons. The number of piperidine rings is 1. The maximum atomic E-state index is 12.5. The summed E-state index contributed by atoms with van der Waals surface area (Å²) in [6, 6.07) is 0. The third-order valence-electron chi connectivity index (χ3n) is 5.13. The van der Waals surface area contributed by atoms with Crippen molar-refractivity contribution in [3.63, 3.8) is 0 Å². The molecular weight excluding hydrogens is 270 g/mol. The lowest BCUT2D eigenvalue weighted by Crippen LogP contribution is -2.49. The van der Waals surface area contributed by atoms with Gasteiger partial charge in [0.15, 0.2) is 0 Å². The molecule has 3 aliphatic rings. The summed E-state index contributed by atoms with van der Waals surface area (Å²) in [5.41, 5.74) is -0.0354. The summed E-state index contributed by atoms with van der Waals surface area (Å²) >= 11 is 0. The van der Waals surface area contributed by atoms with Gasteiger partial charge in [-0.25, -0.2) is 0 Å². The average Bonchev–Trinajstić information content (AvgIpc) is 2.91. The lowest BCUT2D eigenvalue weighted by Gasteiger charge is -2.40. The second-order valence-corrected chi connectivity index (χ2v) is 6.49. The topological polar surface area (TPSA) is 48.0 Å². The van der Waals surface area contributed by atoms with Crippen LogP contribution in [0.15, 0.2) is 0 Å². The molecule has 0 bridgehead atoms. The molecule has 3 rings (SSSR count). The Morgan fingerprint density at radius 3 is 2.67 bits per heavy atom. The Bertz CT molecular complexity index is 359. The lowest BCUT2D eigenvalue weighted by atomic mass is 9.87. The predicted octanol–water partition coefficient (Wildman–Crippen LogP) is 1.60. The molecule has 21 heavy (non-hydrogen) atoms. The van der Waals surface area contributed by atoms with Crippen molar-refractivity contribution in [3.8, 4) is 0 Å². The zero-order valence-electron chi connectivity index (χ0n) is 13.0. The zero-order chi connectivity index (χ0) is 14.7. The molecule has 0 aromatic carbocycles. The molecule has 0 aromatic heterocycles. The zero-order valence-corrected chi connectivity index (χ0v) is 13.0. The van der Waals surface area contributed by atoms with Crippen molar-refractivity contribution in [1.82, 2.24) is 4.90 Å². The number of rotatable bonds is 3. The van der Waals surface area contributed by atoms with Gasteiger partial charge in [-0.3, -0.25) is 4.79 Å². The maximum absolute atomic E-state index is 12.5. The number of likely N-dealkylation sites (tertiary alicyclic amines) is 1. The predicted molar refractivity (Wildman–Crippen MR) is 78.1 cm³/mol. The van der Waals surface area contributed by atoms with E-state index in [0.717, 1.165) is 65.0 Å². The smallest absolute Gasteiger partial charge is 0.225 e. The molecule has 3 fully saturated rings. The Morgan fingerprint density at radius 2 is 2.00 bits per heavy atom. The molecule has 3 saturated heterocycles. The van der Waals surface area contributed by atoms with Gasteiger partial charge in [0.05, 0.1) is 18.3 Å². The van der Waals surface area contributed by atoms with Crippen molar-refractivity contribution in [2.24, 2.45) is 5.92 Å². The van der Waals surface area contributed by atoms with Crippen LogP contribution in [-0.2, 0) is 19.0 Å². The van der Waals surface area contributed by atoms with Crippen LogP contribution < -0.4 is 0 Å². The molecule has 1 spiro atoms. The molecular formula is C16H27NO4. The maximum Gasteiger partial charge on any atom is 0.225 e. The van der Waals surface area contributed by atoms with Crippen molar-refractivity contribution in [2.75, 3.05) is 39.5 Å². The van der Waals surface area contributed by atoms with Gasteiger partial charge in [-0.05, 0) is 32.6 Å². The molecule has 0 unspecified atom stereocenters. The van der Waals surface area contributed by atoms with Crippen LogP contribution in [0.2, 0.25) is 0 Å². The second kappa shape index (κ2) is 6.63. The van der Waals surface area contributed by atoms with Gasteiger partial charge in [0, 0.05) is 45.2 Å². The van der Waals surface area contributed by atoms with Crippen molar-refractivity contribution in [3.05, 3.63) is 0 Å². The van der Waals surface area contributed by atoms with Gasteiger partial charge in [0.1, 0.15) is 0 Å². The fourth-order valence-electron chi connectivity index (χ4n) is 3.83. The standard InChI is InChI=1S/C16H27NO4/c1-2-20-14-11-16(21-12-14)5-7-17(8-6-16)15(18)13-3-9-19-10-4-13/h13-14H,2-12H2,1H3/t14-/m0/s1. The Kier molecular flexibility index (Phi) is 4.82. The minimum Gasteiger partial charge on any atom is -0.381 e. The molecule has 0 saturated carbocycles. The van der Waals surface area contributed by atoms with Crippen LogP contribution in [0.25, 0.3) is 0 Å². The van der Waals surface area contributed by atoms with Gasteiger partial charge in [0.25, 0.3) is 0 Å². The highest BCUT2D eigenvalue weighted by atomic mass is 16.6. The van der Waals surface area contributed by atoms with Gasteiger partial charge in [0.2, 0.25) is 5.91 Å². The van der Waals surface area contributed by atoms with Gasteiger partial charge in [-0.2, -0.15) is 0 Å². The summed E-state index contributed by atoms with van der Waals surface area (Å²) in [7, 11) is 0. The van der Waals surface area contributed by atoms with E-state index in [1.807, 2.05) is 11.8 Å². The molecule has 0 N–H and O–H groups in total. The van der Waals surface area contributed by atoms with Crippen LogP contribution in [0, 0.1) is 5.92 Å². The monoisotopic (exact) mass is 297 g/mol. The van der Waals surface area contributed by atoms with E-state index >= 15 is 0 Å². The van der Waals surface area contributed by atoms with Gasteiger partial charge in [-0.15, -0.1) is 0 Å². The fourth-order valence-corrected chi connectivity index (χ4v) is 3.83. The summed E-state index contributed by atoms with van der Waals surface area (Å²) in [5.74, 6) is 0.501. The largest absolute Gasteiger partial charge is 0.381 e. The first-order chi connectivity index (χ1) is 10.2. The van der Waals surface area contributed by atoms with Crippen LogP contribution in [0.5, 0.6) is 0 Å². The Hall–Kier alpha value is -0.650. The van der Waals surface area contributed by atoms with Crippen LogP contribution in [0.3, 0.4) is 0 Å². The highest BCUT2D eigenvalue weighted by Crippen LogP contribution is 2.37. The summed E-state index contributed by atoms with van der Waals surface area (Å²) in [6.45, 7) is 6.60. The van der Waals surface area contributed by atoms with Crippen LogP contribution in [-0.4, -0.2) is 62.0 Å². The van der Waals surface area contributed by atoms with Crippen molar-refractivity contribution >= 4 is 5.91 Å². The highest BCUT2D eigenvalue weighted by molar-refractivity contribution is 5.79.